The lowest BCUT2D eigenvalue weighted by Gasteiger charge is -2.37. The van der Waals surface area contributed by atoms with Crippen LogP contribution in [0.4, 0.5) is 5.82 Å². The van der Waals surface area contributed by atoms with Gasteiger partial charge in [-0.05, 0) is 41.0 Å². The maximum Gasteiger partial charge on any atom is 0.206 e. The zero-order valence-electron chi connectivity index (χ0n) is 23.7. The largest absolute Gasteiger partial charge is 0.497 e. The van der Waals surface area contributed by atoms with Crippen molar-refractivity contribution >= 4 is 23.3 Å². The lowest BCUT2D eigenvalue weighted by Crippen LogP contribution is -2.39. The number of fused-ring (bicyclic) bond motifs is 1. The minimum absolute atomic E-state index is 0.0384. The van der Waals surface area contributed by atoms with E-state index in [-0.39, 0.29) is 18.8 Å². The summed E-state index contributed by atoms with van der Waals surface area (Å²) in [7, 11) is 3.22. The third-order valence-corrected chi connectivity index (χ3v) is 7.88. The van der Waals surface area contributed by atoms with Gasteiger partial charge in [0.15, 0.2) is 17.8 Å². The number of carbonyl (C=O) groups is 1. The fraction of sp³-hybridized carbons (Fsp3) is 0.250. The molecule has 3 atom stereocenters. The van der Waals surface area contributed by atoms with Crippen molar-refractivity contribution in [2.45, 2.75) is 30.0 Å². The number of benzene rings is 3. The summed E-state index contributed by atoms with van der Waals surface area (Å²) in [6.07, 6.45) is 1.40. The fourth-order valence-corrected chi connectivity index (χ4v) is 5.66. The number of aliphatic hydroxyl groups is 1. The molecule has 6 rings (SSSR count). The lowest BCUT2D eigenvalue weighted by molar-refractivity contribution is -0.154. The molecular weight excluding hydrogens is 550 g/mol. The van der Waals surface area contributed by atoms with Gasteiger partial charge in [0.25, 0.3) is 0 Å². The molecule has 11 heteroatoms. The van der Waals surface area contributed by atoms with Gasteiger partial charge in [0.1, 0.15) is 35.0 Å². The van der Waals surface area contributed by atoms with Crippen LogP contribution in [0.5, 0.6) is 11.5 Å². The molecule has 1 fully saturated rings. The number of aliphatic hydroxyl groups excluding tert-OH is 1. The Morgan fingerprint density at radius 2 is 1.56 bits per heavy atom. The van der Waals surface area contributed by atoms with E-state index >= 15 is 0 Å². The van der Waals surface area contributed by atoms with Gasteiger partial charge in [-0.15, -0.1) is 0 Å². The molecule has 1 saturated heterocycles. The van der Waals surface area contributed by atoms with Gasteiger partial charge in [0.05, 0.1) is 33.3 Å². The Balaban J connectivity index is 1.41. The number of anilines is 1. The highest BCUT2D eigenvalue weighted by atomic mass is 16.6. The molecule has 220 valence electrons. The molecule has 0 unspecified atom stereocenters. The van der Waals surface area contributed by atoms with Crippen LogP contribution in [0.1, 0.15) is 23.1 Å². The predicted molar refractivity (Wildman–Crippen MR) is 158 cm³/mol. The van der Waals surface area contributed by atoms with Gasteiger partial charge in [-0.25, -0.2) is 15.0 Å². The number of aldehydes is 1. The molecule has 1 aliphatic rings. The molecule has 0 bridgehead atoms. The fourth-order valence-electron chi connectivity index (χ4n) is 5.66. The summed E-state index contributed by atoms with van der Waals surface area (Å²) < 4.78 is 25.5. The summed E-state index contributed by atoms with van der Waals surface area (Å²) in [5, 5.41) is 11.2. The quantitative estimate of drug-likeness (QED) is 0.186. The molecule has 0 radical (unpaired) electrons. The van der Waals surface area contributed by atoms with E-state index in [1.54, 1.807) is 14.2 Å². The SMILES string of the molecule is COc1ccc(C(OC[C@H]2O[C@@](C=O)(n3cnc4c(N)ncnc43)C[C@@H]2O)(c2ccccc2)c2ccc(OC)cc2)cc1. The van der Waals surface area contributed by atoms with Crippen LogP contribution in [0.15, 0.2) is 91.5 Å². The number of ether oxygens (including phenoxy) is 4. The molecule has 0 spiro atoms. The highest BCUT2D eigenvalue weighted by Gasteiger charge is 2.50. The van der Waals surface area contributed by atoms with Gasteiger partial charge in [-0.2, -0.15) is 0 Å². The molecule has 43 heavy (non-hydrogen) atoms. The van der Waals surface area contributed by atoms with Crippen molar-refractivity contribution in [3.05, 3.63) is 108 Å². The van der Waals surface area contributed by atoms with Crippen LogP contribution in [-0.4, -0.2) is 63.9 Å². The zero-order chi connectivity index (χ0) is 30.0. The Kier molecular flexibility index (Phi) is 7.53. The number of rotatable bonds is 10. The van der Waals surface area contributed by atoms with Gasteiger partial charge in [-0.1, -0.05) is 54.6 Å². The van der Waals surface area contributed by atoms with E-state index in [0.29, 0.717) is 28.9 Å². The van der Waals surface area contributed by atoms with E-state index in [0.717, 1.165) is 16.7 Å². The van der Waals surface area contributed by atoms with Crippen molar-refractivity contribution in [1.29, 1.82) is 0 Å². The molecule has 3 N–H and O–H groups in total. The van der Waals surface area contributed by atoms with Crippen molar-refractivity contribution in [1.82, 2.24) is 19.5 Å². The summed E-state index contributed by atoms with van der Waals surface area (Å²) >= 11 is 0. The summed E-state index contributed by atoms with van der Waals surface area (Å²) in [5.74, 6) is 1.57. The topological polar surface area (TPSA) is 144 Å². The average Bonchev–Trinajstić information content (AvgIpc) is 3.65. The summed E-state index contributed by atoms with van der Waals surface area (Å²) in [6.45, 7) is -0.0620. The molecule has 11 nitrogen and oxygen atoms in total. The predicted octanol–water partition coefficient (Wildman–Crippen LogP) is 3.44. The minimum atomic E-state index is -1.57. The lowest BCUT2D eigenvalue weighted by atomic mass is 9.80. The van der Waals surface area contributed by atoms with Crippen molar-refractivity contribution in [3.8, 4) is 11.5 Å². The van der Waals surface area contributed by atoms with Crippen LogP contribution < -0.4 is 15.2 Å². The molecule has 0 aliphatic carbocycles. The highest BCUT2D eigenvalue weighted by Crippen LogP contribution is 2.43. The van der Waals surface area contributed by atoms with Crippen LogP contribution in [0.3, 0.4) is 0 Å². The van der Waals surface area contributed by atoms with Crippen molar-refractivity contribution in [2.75, 3.05) is 26.6 Å². The smallest absolute Gasteiger partial charge is 0.206 e. The molecule has 0 saturated carbocycles. The second-order valence-corrected chi connectivity index (χ2v) is 10.3. The minimum Gasteiger partial charge on any atom is -0.497 e. The molecule has 0 amide bonds. The number of carbonyl (C=O) groups excluding carboxylic acids is 1. The number of aromatic nitrogens is 4. The average molecular weight is 582 g/mol. The summed E-state index contributed by atoms with van der Waals surface area (Å²) in [4.78, 5) is 25.1. The Morgan fingerprint density at radius 3 is 2.14 bits per heavy atom. The summed E-state index contributed by atoms with van der Waals surface area (Å²) in [6, 6.07) is 25.0. The molecule has 3 aromatic carbocycles. The first-order valence-electron chi connectivity index (χ1n) is 13.7. The van der Waals surface area contributed by atoms with Crippen LogP contribution in [-0.2, 0) is 25.6 Å². The second kappa shape index (κ2) is 11.4. The van der Waals surface area contributed by atoms with Crippen LogP contribution in [0.25, 0.3) is 11.2 Å². The van der Waals surface area contributed by atoms with Crippen molar-refractivity contribution < 1.29 is 28.8 Å². The number of imidazole rings is 1. The van der Waals surface area contributed by atoms with E-state index in [9.17, 15) is 9.90 Å². The highest BCUT2D eigenvalue weighted by molar-refractivity contribution is 5.82. The normalized spacial score (nSPS) is 20.3. The van der Waals surface area contributed by atoms with Gasteiger partial charge in [0, 0.05) is 6.42 Å². The maximum absolute atomic E-state index is 12.6. The molecule has 1 aliphatic heterocycles. The first kappa shape index (κ1) is 28.3. The Morgan fingerprint density at radius 1 is 0.953 bits per heavy atom. The van der Waals surface area contributed by atoms with E-state index < -0.39 is 23.5 Å². The first-order valence-corrected chi connectivity index (χ1v) is 13.7. The van der Waals surface area contributed by atoms with Crippen molar-refractivity contribution in [3.63, 3.8) is 0 Å². The Hall–Kier alpha value is -4.84. The number of hydrogen-bond donors (Lipinski definition) is 2. The Labute approximate surface area is 247 Å². The van der Waals surface area contributed by atoms with E-state index in [4.69, 9.17) is 24.7 Å². The molecule has 3 heterocycles. The Bertz CT molecular complexity index is 1660. The van der Waals surface area contributed by atoms with Crippen molar-refractivity contribution in [2.24, 2.45) is 0 Å². The molecule has 5 aromatic rings. The number of nitrogens with two attached hydrogens (primary N) is 1. The third kappa shape index (κ3) is 4.87. The van der Waals surface area contributed by atoms with Crippen LogP contribution in [0.2, 0.25) is 0 Å². The monoisotopic (exact) mass is 581 g/mol. The van der Waals surface area contributed by atoms with E-state index in [2.05, 4.69) is 15.0 Å². The molecule has 2 aromatic heterocycles. The van der Waals surface area contributed by atoms with Gasteiger partial charge < -0.3 is 29.8 Å². The maximum atomic E-state index is 12.6. The van der Waals surface area contributed by atoms with E-state index in [1.807, 2.05) is 78.9 Å². The third-order valence-electron chi connectivity index (χ3n) is 7.88. The van der Waals surface area contributed by atoms with Gasteiger partial charge in [-0.3, -0.25) is 9.36 Å². The van der Waals surface area contributed by atoms with Crippen LogP contribution in [0, 0.1) is 0 Å². The summed E-state index contributed by atoms with van der Waals surface area (Å²) in [5.41, 5.74) is 6.43. The molecular formula is C32H31N5O6. The van der Waals surface area contributed by atoms with Gasteiger partial charge >= 0.3 is 0 Å². The number of nitrogen functional groups attached to an aromatic ring is 1. The van der Waals surface area contributed by atoms with Crippen LogP contribution >= 0.6 is 0 Å². The standard InChI is InChI=1S/C32H31N5O6/c1-40-24-12-8-22(9-13-24)32(21-6-4-3-5-7-21,23-10-14-25(41-2)15-11-23)42-17-27-26(39)16-31(18-38,43-27)37-20-36-28-29(33)34-19-35-30(28)37/h3-15,18-20,26-27,39H,16-17H2,1-2H3,(H2,33,34,35)/t26-,27+,31-/m0/s1. The second-order valence-electron chi connectivity index (χ2n) is 10.3. The van der Waals surface area contributed by atoms with E-state index in [1.165, 1.54) is 17.2 Å². The zero-order valence-corrected chi connectivity index (χ0v) is 23.7. The number of nitrogens with zero attached hydrogens (tertiary/aromatic N) is 4. The first-order chi connectivity index (χ1) is 20.9. The van der Waals surface area contributed by atoms with Gasteiger partial charge in [0.2, 0.25) is 5.72 Å². The number of hydrogen-bond acceptors (Lipinski definition) is 10. The number of methoxy groups -OCH3 is 2.